The summed E-state index contributed by atoms with van der Waals surface area (Å²) in [6.45, 7) is 3.51. The van der Waals surface area contributed by atoms with E-state index in [4.69, 9.17) is 24.3 Å². The van der Waals surface area contributed by atoms with Gasteiger partial charge in [0.1, 0.15) is 6.61 Å². The van der Waals surface area contributed by atoms with Crippen molar-refractivity contribution in [3.63, 3.8) is 0 Å². The van der Waals surface area contributed by atoms with Crippen molar-refractivity contribution in [1.29, 1.82) is 0 Å². The van der Waals surface area contributed by atoms with Crippen LogP contribution in [-0.4, -0.2) is 60.5 Å². The number of allylic oxidation sites excluding steroid dienone is 8. The van der Waals surface area contributed by atoms with E-state index >= 15 is 0 Å². The van der Waals surface area contributed by atoms with Crippen molar-refractivity contribution in [2.24, 2.45) is 5.73 Å². The number of ether oxygens (including phenoxy) is 2. The summed E-state index contributed by atoms with van der Waals surface area (Å²) in [6, 6.07) is 0. The normalized spacial score (nSPS) is 14.5. The first-order valence-electron chi connectivity index (χ1n) is 20.9. The number of rotatable bonds is 38. The topological polar surface area (TPSA) is 155 Å². The van der Waals surface area contributed by atoms with Gasteiger partial charge in [0, 0.05) is 19.4 Å². The van der Waals surface area contributed by atoms with Crippen molar-refractivity contribution in [2.45, 2.75) is 174 Å². The Bertz CT molecular complexity index is 1090. The van der Waals surface area contributed by atoms with Gasteiger partial charge < -0.3 is 25.2 Å². The fraction of sp³-hybridized carbons (Fsp3) is 0.721. The van der Waals surface area contributed by atoms with E-state index in [0.717, 1.165) is 32.1 Å². The second-order valence-electron chi connectivity index (χ2n) is 13.7. The van der Waals surface area contributed by atoms with Crippen LogP contribution in [0.15, 0.2) is 60.8 Å². The molecule has 0 fully saturated rings. The average Bonchev–Trinajstić information content (AvgIpc) is 3.15. The number of unbranched alkanes of at least 4 members (excludes halogenated alkanes) is 15. The Hall–Kier alpha value is -2.33. The van der Waals surface area contributed by atoms with Gasteiger partial charge in [-0.3, -0.25) is 18.6 Å². The summed E-state index contributed by atoms with van der Waals surface area (Å²) in [4.78, 5) is 34.8. The van der Waals surface area contributed by atoms with Crippen molar-refractivity contribution in [3.8, 4) is 0 Å². The van der Waals surface area contributed by atoms with Crippen LogP contribution in [-0.2, 0) is 32.7 Å². The average molecular weight is 782 g/mol. The Morgan fingerprint density at radius 2 is 1.20 bits per heavy atom. The predicted molar refractivity (Wildman–Crippen MR) is 221 cm³/mol. The van der Waals surface area contributed by atoms with Gasteiger partial charge in [0.25, 0.3) is 0 Å². The van der Waals surface area contributed by atoms with E-state index in [9.17, 15) is 24.2 Å². The Balaban J connectivity index is 4.36. The molecule has 0 aliphatic heterocycles. The Kier molecular flexibility index (Phi) is 37.2. The number of phosphoric ester groups is 1. The number of carbonyl (C=O) groups is 2. The second-order valence-corrected chi connectivity index (χ2v) is 15.2. The molecule has 0 aromatic heterocycles. The van der Waals surface area contributed by atoms with E-state index in [1.807, 2.05) is 36.5 Å². The Morgan fingerprint density at radius 3 is 1.91 bits per heavy atom. The lowest BCUT2D eigenvalue weighted by molar-refractivity contribution is -0.161. The third-order valence-corrected chi connectivity index (χ3v) is 9.44. The standard InChI is InChI=1S/C43H76NO9P/c1-3-5-7-9-11-12-13-14-15-16-17-18-22-26-30-34-42(46)50-38-41(39-52-54(48,49)51-37-36-44)53-43(47)35-31-27-23-19-21-25-29-33-40(45)32-28-24-20-10-8-6-4-2/h12-13,19-20,23-25,28-29,32,40-41,45H,3-11,14-18,21-22,26-27,30-31,33-39,44H2,1-2H3,(H,48,49)/b13-12-,23-19+,24-20-,29-25-,32-28-/t40-,41+/m0/s1. The van der Waals surface area contributed by atoms with E-state index in [-0.39, 0.29) is 32.6 Å². The number of carbonyl (C=O) groups excluding carboxylic acids is 2. The molecule has 312 valence electrons. The molecule has 0 amide bonds. The van der Waals surface area contributed by atoms with Crippen LogP contribution in [0.1, 0.15) is 162 Å². The molecule has 10 nitrogen and oxygen atoms in total. The van der Waals surface area contributed by atoms with E-state index in [1.165, 1.54) is 70.6 Å². The zero-order chi connectivity index (χ0) is 39.8. The molecule has 54 heavy (non-hydrogen) atoms. The van der Waals surface area contributed by atoms with E-state index in [1.54, 1.807) is 6.08 Å². The number of nitrogens with two attached hydrogens (primary N) is 1. The molecule has 0 aromatic carbocycles. The third-order valence-electron chi connectivity index (χ3n) is 8.46. The number of phosphoric acid groups is 1. The molecule has 0 rings (SSSR count). The SMILES string of the molecule is CCCCC/C=C\C=C/[C@H](O)C/C=C\C/C=C/CCCC(=O)O[C@H](COC(=O)CCCCCCCCC/C=C\CCCCCC)COP(=O)(O)OCCN. The summed E-state index contributed by atoms with van der Waals surface area (Å²) in [5.41, 5.74) is 5.33. The summed E-state index contributed by atoms with van der Waals surface area (Å²) in [5.74, 6) is -0.945. The van der Waals surface area contributed by atoms with Gasteiger partial charge in [-0.15, -0.1) is 0 Å². The van der Waals surface area contributed by atoms with Gasteiger partial charge in [-0.2, -0.15) is 0 Å². The molecule has 1 unspecified atom stereocenters. The smallest absolute Gasteiger partial charge is 0.462 e. The summed E-state index contributed by atoms with van der Waals surface area (Å²) in [5, 5.41) is 10.1. The molecule has 3 atom stereocenters. The molecule has 0 saturated carbocycles. The molecular weight excluding hydrogens is 705 g/mol. The lowest BCUT2D eigenvalue weighted by Crippen LogP contribution is -2.29. The number of hydrogen-bond acceptors (Lipinski definition) is 9. The third kappa shape index (κ3) is 38.0. The summed E-state index contributed by atoms with van der Waals surface area (Å²) in [6.07, 6.45) is 41.3. The van der Waals surface area contributed by atoms with Crippen LogP contribution in [0.2, 0.25) is 0 Å². The van der Waals surface area contributed by atoms with Crippen molar-refractivity contribution in [1.82, 2.24) is 0 Å². The first-order valence-corrected chi connectivity index (χ1v) is 22.4. The minimum atomic E-state index is -4.41. The highest BCUT2D eigenvalue weighted by atomic mass is 31.2. The van der Waals surface area contributed by atoms with Gasteiger partial charge in [0.2, 0.25) is 0 Å². The summed E-state index contributed by atoms with van der Waals surface area (Å²) >= 11 is 0. The minimum absolute atomic E-state index is 0.0314. The quantitative estimate of drug-likeness (QED) is 0.0181. The van der Waals surface area contributed by atoms with Crippen molar-refractivity contribution < 1.29 is 42.7 Å². The van der Waals surface area contributed by atoms with Crippen LogP contribution in [0.5, 0.6) is 0 Å². The molecule has 0 radical (unpaired) electrons. The molecule has 11 heteroatoms. The highest BCUT2D eigenvalue weighted by molar-refractivity contribution is 7.47. The van der Waals surface area contributed by atoms with Gasteiger partial charge in [0.05, 0.1) is 19.3 Å². The van der Waals surface area contributed by atoms with Gasteiger partial charge in [-0.05, 0) is 70.6 Å². The molecule has 4 N–H and O–H groups in total. The summed E-state index contributed by atoms with van der Waals surface area (Å²) in [7, 11) is -4.41. The van der Waals surface area contributed by atoms with Crippen LogP contribution in [0.4, 0.5) is 0 Å². The minimum Gasteiger partial charge on any atom is -0.462 e. The zero-order valence-electron chi connectivity index (χ0n) is 33.8. The number of hydrogen-bond donors (Lipinski definition) is 3. The van der Waals surface area contributed by atoms with Crippen molar-refractivity contribution in [2.75, 3.05) is 26.4 Å². The second kappa shape index (κ2) is 38.9. The molecule has 0 aliphatic carbocycles. The van der Waals surface area contributed by atoms with Crippen LogP contribution >= 0.6 is 7.82 Å². The van der Waals surface area contributed by atoms with E-state index in [0.29, 0.717) is 32.1 Å². The van der Waals surface area contributed by atoms with E-state index in [2.05, 4.69) is 32.1 Å². The van der Waals surface area contributed by atoms with Gasteiger partial charge in [-0.25, -0.2) is 4.57 Å². The number of aliphatic hydroxyl groups excluding tert-OH is 1. The van der Waals surface area contributed by atoms with Crippen LogP contribution in [0, 0.1) is 0 Å². The lowest BCUT2D eigenvalue weighted by Gasteiger charge is -2.19. The first-order chi connectivity index (χ1) is 26.2. The van der Waals surface area contributed by atoms with E-state index < -0.39 is 38.6 Å². The fourth-order valence-electron chi connectivity index (χ4n) is 5.29. The number of esters is 2. The highest BCUT2D eigenvalue weighted by Gasteiger charge is 2.25. The predicted octanol–water partition coefficient (Wildman–Crippen LogP) is 10.7. The first kappa shape index (κ1) is 51.7. The molecule has 0 spiro atoms. The van der Waals surface area contributed by atoms with Gasteiger partial charge >= 0.3 is 19.8 Å². The molecule has 0 aliphatic rings. The lowest BCUT2D eigenvalue weighted by atomic mass is 10.1. The van der Waals surface area contributed by atoms with Gasteiger partial charge in [-0.1, -0.05) is 139 Å². The van der Waals surface area contributed by atoms with Crippen molar-refractivity contribution >= 4 is 19.8 Å². The van der Waals surface area contributed by atoms with Crippen LogP contribution < -0.4 is 5.73 Å². The molecule has 0 aromatic rings. The molecule has 0 heterocycles. The maximum atomic E-state index is 12.5. The Labute approximate surface area is 328 Å². The zero-order valence-corrected chi connectivity index (χ0v) is 34.7. The maximum Gasteiger partial charge on any atom is 0.472 e. The maximum absolute atomic E-state index is 12.5. The monoisotopic (exact) mass is 782 g/mol. The Morgan fingerprint density at radius 1 is 0.648 bits per heavy atom. The molecular formula is C43H76NO9P. The summed E-state index contributed by atoms with van der Waals surface area (Å²) < 4.78 is 32.6. The van der Waals surface area contributed by atoms with Gasteiger partial charge in [0.15, 0.2) is 6.10 Å². The van der Waals surface area contributed by atoms with Crippen LogP contribution in [0.3, 0.4) is 0 Å². The van der Waals surface area contributed by atoms with Crippen molar-refractivity contribution in [3.05, 3.63) is 60.8 Å². The fourth-order valence-corrected chi connectivity index (χ4v) is 6.05. The highest BCUT2D eigenvalue weighted by Crippen LogP contribution is 2.43. The largest absolute Gasteiger partial charge is 0.472 e. The molecule has 0 bridgehead atoms. The number of aliphatic hydroxyl groups is 1. The molecule has 0 saturated heterocycles. The van der Waals surface area contributed by atoms with Crippen LogP contribution in [0.25, 0.3) is 0 Å².